The molecule has 3 N–H and O–H groups in total. The number of carbonyl (C=O) groups excluding carboxylic acids is 1. The van der Waals surface area contributed by atoms with Crippen LogP contribution in [-0.2, 0) is 16.0 Å². The number of nitrogens with zero attached hydrogens (tertiary/aromatic N) is 1. The third-order valence-corrected chi connectivity index (χ3v) is 5.42. The Hall–Kier alpha value is -1.88. The maximum Gasteiger partial charge on any atom is 0.307 e. The van der Waals surface area contributed by atoms with Gasteiger partial charge in [0.2, 0.25) is 5.91 Å². The number of likely N-dealkylation sites (tertiary alicyclic amines) is 1. The summed E-state index contributed by atoms with van der Waals surface area (Å²) in [7, 11) is 0. The van der Waals surface area contributed by atoms with Crippen molar-refractivity contribution >= 4 is 11.9 Å². The van der Waals surface area contributed by atoms with Crippen molar-refractivity contribution in [3.05, 3.63) is 35.9 Å². The van der Waals surface area contributed by atoms with Crippen LogP contribution in [0.15, 0.2) is 30.3 Å². The lowest BCUT2D eigenvalue weighted by molar-refractivity contribution is -0.145. The van der Waals surface area contributed by atoms with E-state index < -0.39 is 11.9 Å². The van der Waals surface area contributed by atoms with Gasteiger partial charge in [0.25, 0.3) is 0 Å². The molecule has 0 aromatic heterocycles. The molecule has 1 saturated heterocycles. The van der Waals surface area contributed by atoms with Crippen LogP contribution < -0.4 is 0 Å². The van der Waals surface area contributed by atoms with Gasteiger partial charge in [-0.15, -0.1) is 0 Å². The van der Waals surface area contributed by atoms with Crippen LogP contribution in [0.5, 0.6) is 0 Å². The van der Waals surface area contributed by atoms with Crippen LogP contribution in [0.1, 0.15) is 45.1 Å². The molecule has 0 spiro atoms. The first kappa shape index (κ1) is 21.2. The summed E-state index contributed by atoms with van der Waals surface area (Å²) in [4.78, 5) is 26.0. The molecule has 25 heavy (non-hydrogen) atoms. The second-order valence-electron chi connectivity index (χ2n) is 7.03. The first-order valence-electron chi connectivity index (χ1n) is 8.68. The van der Waals surface area contributed by atoms with Gasteiger partial charge in [-0.2, -0.15) is 0 Å². The molecule has 1 amide bonds. The maximum absolute atomic E-state index is 12.6. The van der Waals surface area contributed by atoms with E-state index in [-0.39, 0.29) is 25.2 Å². The Morgan fingerprint density at radius 1 is 1.08 bits per heavy atom. The quantitative estimate of drug-likeness (QED) is 0.886. The van der Waals surface area contributed by atoms with Gasteiger partial charge in [-0.25, -0.2) is 0 Å². The highest BCUT2D eigenvalue weighted by atomic mass is 16.4. The van der Waals surface area contributed by atoms with E-state index >= 15 is 0 Å². The number of carboxylic acid groups (broad SMARTS) is 1. The van der Waals surface area contributed by atoms with Gasteiger partial charge >= 0.3 is 5.97 Å². The largest absolute Gasteiger partial charge is 0.481 e. The number of hydrogen-bond acceptors (Lipinski definition) is 2. The van der Waals surface area contributed by atoms with E-state index in [1.54, 1.807) is 0 Å². The number of hydrogen-bond donors (Lipinski definition) is 1. The Kier molecular flexibility index (Phi) is 8.10. The smallest absolute Gasteiger partial charge is 0.307 e. The number of amides is 1. The van der Waals surface area contributed by atoms with Crippen LogP contribution in [0.4, 0.5) is 0 Å². The van der Waals surface area contributed by atoms with Crippen LogP contribution in [0.3, 0.4) is 0 Å². The molecule has 2 aliphatic rings. The zero-order chi connectivity index (χ0) is 16.2. The molecule has 1 saturated carbocycles. The molecule has 3 rings (SSSR count). The average molecular weight is 349 g/mol. The van der Waals surface area contributed by atoms with Gasteiger partial charge in [-0.05, 0) is 36.7 Å². The second-order valence-corrected chi connectivity index (χ2v) is 7.03. The fourth-order valence-corrected chi connectivity index (χ4v) is 4.09. The van der Waals surface area contributed by atoms with Crippen LogP contribution in [0, 0.1) is 17.8 Å². The topological polar surface area (TPSA) is 89.1 Å². The number of carbonyl (C=O) groups is 2. The Balaban J connectivity index is 0.00000156. The summed E-state index contributed by atoms with van der Waals surface area (Å²) in [5.41, 5.74) is 0.975. The predicted molar refractivity (Wildman–Crippen MR) is 98.3 cm³/mol. The van der Waals surface area contributed by atoms with Gasteiger partial charge in [0.15, 0.2) is 0 Å². The van der Waals surface area contributed by atoms with Crippen molar-refractivity contribution in [3.63, 3.8) is 0 Å². The molecule has 5 nitrogen and oxygen atoms in total. The van der Waals surface area contributed by atoms with Gasteiger partial charge in [-0.3, -0.25) is 9.59 Å². The normalized spacial score (nSPS) is 23.0. The third-order valence-electron chi connectivity index (χ3n) is 5.42. The van der Waals surface area contributed by atoms with Gasteiger partial charge < -0.3 is 15.5 Å². The summed E-state index contributed by atoms with van der Waals surface area (Å²) in [6.07, 6.45) is 5.53. The lowest BCUT2D eigenvalue weighted by Crippen LogP contribution is -2.33. The Labute approximate surface area is 150 Å². The average Bonchev–Trinajstić information content (AvgIpc) is 2.99. The summed E-state index contributed by atoms with van der Waals surface area (Å²) < 4.78 is 0. The summed E-state index contributed by atoms with van der Waals surface area (Å²) in [6, 6.07) is 9.56. The van der Waals surface area contributed by atoms with Crippen LogP contribution in [0.2, 0.25) is 0 Å². The SMILES string of the molecule is C.O.O=C(O)[C@H](CC(=O)N1C[C@H]2CCCC[C@H]2C1)Cc1ccccc1. The summed E-state index contributed by atoms with van der Waals surface area (Å²) in [6.45, 7) is 1.67. The van der Waals surface area contributed by atoms with E-state index in [9.17, 15) is 14.7 Å². The molecule has 5 heteroatoms. The minimum Gasteiger partial charge on any atom is -0.481 e. The molecule has 1 aliphatic carbocycles. The van der Waals surface area contributed by atoms with Crippen molar-refractivity contribution in [2.45, 2.75) is 46.0 Å². The lowest BCUT2D eigenvalue weighted by atomic mass is 9.82. The van der Waals surface area contributed by atoms with Gasteiger partial charge in [0.05, 0.1) is 5.92 Å². The number of rotatable bonds is 5. The van der Waals surface area contributed by atoms with Crippen molar-refractivity contribution < 1.29 is 20.2 Å². The van der Waals surface area contributed by atoms with E-state index in [1.165, 1.54) is 25.7 Å². The van der Waals surface area contributed by atoms with Crippen molar-refractivity contribution in [1.82, 2.24) is 4.90 Å². The molecule has 0 unspecified atom stereocenters. The zero-order valence-electron chi connectivity index (χ0n) is 14.0. The molecule has 1 heterocycles. The Bertz CT molecular complexity index is 546. The van der Waals surface area contributed by atoms with Crippen LogP contribution in [0.25, 0.3) is 0 Å². The van der Waals surface area contributed by atoms with Gasteiger partial charge in [-0.1, -0.05) is 50.6 Å². The highest BCUT2D eigenvalue weighted by Gasteiger charge is 2.37. The first-order chi connectivity index (χ1) is 11.1. The minimum atomic E-state index is -0.876. The molecule has 3 atom stereocenters. The summed E-state index contributed by atoms with van der Waals surface area (Å²) >= 11 is 0. The van der Waals surface area contributed by atoms with Gasteiger partial charge in [0, 0.05) is 19.5 Å². The molecular weight excluding hydrogens is 318 g/mol. The third kappa shape index (κ3) is 5.30. The summed E-state index contributed by atoms with van der Waals surface area (Å²) in [5, 5.41) is 9.46. The van der Waals surface area contributed by atoms with E-state index in [0.717, 1.165) is 18.7 Å². The fraction of sp³-hybridized carbons (Fsp3) is 0.600. The van der Waals surface area contributed by atoms with Crippen molar-refractivity contribution in [3.8, 4) is 0 Å². The molecule has 140 valence electrons. The van der Waals surface area contributed by atoms with Crippen LogP contribution in [-0.4, -0.2) is 40.4 Å². The van der Waals surface area contributed by atoms with Crippen molar-refractivity contribution in [2.75, 3.05) is 13.1 Å². The van der Waals surface area contributed by atoms with Gasteiger partial charge in [0.1, 0.15) is 0 Å². The highest BCUT2D eigenvalue weighted by Crippen LogP contribution is 2.36. The second kappa shape index (κ2) is 9.56. The van der Waals surface area contributed by atoms with E-state index in [4.69, 9.17) is 0 Å². The molecule has 0 radical (unpaired) electrons. The molecule has 1 aromatic carbocycles. The van der Waals surface area contributed by atoms with E-state index in [1.807, 2.05) is 35.2 Å². The molecule has 0 bridgehead atoms. The number of benzene rings is 1. The number of fused-ring (bicyclic) bond motifs is 1. The minimum absolute atomic E-state index is 0. The number of aliphatic carboxylic acids is 1. The molecule has 1 aliphatic heterocycles. The molecule has 1 aromatic rings. The Morgan fingerprint density at radius 2 is 1.64 bits per heavy atom. The van der Waals surface area contributed by atoms with E-state index in [2.05, 4.69) is 0 Å². The predicted octanol–water partition coefficient (Wildman–Crippen LogP) is 2.78. The zero-order valence-corrected chi connectivity index (χ0v) is 14.0. The lowest BCUT2D eigenvalue weighted by Gasteiger charge is -2.22. The van der Waals surface area contributed by atoms with E-state index in [0.29, 0.717) is 18.3 Å². The molecule has 2 fully saturated rings. The molecular formula is C20H31NO4. The maximum atomic E-state index is 12.6. The Morgan fingerprint density at radius 3 is 2.16 bits per heavy atom. The standard InChI is InChI=1S/C19H25NO3.CH4.H2O/c21-18(20-12-15-8-4-5-9-16(15)13-20)11-17(19(22)23)10-14-6-2-1-3-7-14;;/h1-3,6-7,15-17H,4-5,8-13H2,(H,22,23);1H4;1H2/t15-,16+,17-;;/m0../s1. The highest BCUT2D eigenvalue weighted by molar-refractivity contribution is 5.82. The number of carboxylic acids is 1. The monoisotopic (exact) mass is 349 g/mol. The fourth-order valence-electron chi connectivity index (χ4n) is 4.09. The first-order valence-corrected chi connectivity index (χ1v) is 8.68. The van der Waals surface area contributed by atoms with Crippen LogP contribution >= 0.6 is 0 Å². The van der Waals surface area contributed by atoms with Crippen molar-refractivity contribution in [2.24, 2.45) is 17.8 Å². The van der Waals surface area contributed by atoms with Crippen molar-refractivity contribution in [1.29, 1.82) is 0 Å². The summed E-state index contributed by atoms with van der Waals surface area (Å²) in [5.74, 6) is -0.204.